The molecule has 0 spiro atoms. The molecule has 34 heavy (non-hydrogen) atoms. The molecular weight excluding hydrogens is 436 g/mol. The van der Waals surface area contributed by atoms with Gasteiger partial charge in [-0.2, -0.15) is 0 Å². The zero-order valence-electron chi connectivity index (χ0n) is 19.4. The van der Waals surface area contributed by atoms with Crippen molar-refractivity contribution in [1.29, 1.82) is 0 Å². The van der Waals surface area contributed by atoms with E-state index in [-0.39, 0.29) is 25.0 Å². The lowest BCUT2D eigenvalue weighted by molar-refractivity contribution is -0.165. The molecule has 0 saturated heterocycles. The summed E-state index contributed by atoms with van der Waals surface area (Å²) in [7, 11) is 0. The average molecular weight is 467 g/mol. The van der Waals surface area contributed by atoms with Gasteiger partial charge in [-0.15, -0.1) is 0 Å². The number of aliphatic carboxylic acids is 1. The lowest BCUT2D eigenvalue weighted by atomic mass is 9.88. The van der Waals surface area contributed by atoms with Crippen molar-refractivity contribution < 1.29 is 29.1 Å². The summed E-state index contributed by atoms with van der Waals surface area (Å²) in [5.41, 5.74) is 6.01. The predicted octanol–water partition coefficient (Wildman–Crippen LogP) is 3.85. The molecule has 4 rings (SSSR count). The fourth-order valence-corrected chi connectivity index (χ4v) is 4.24. The topological polar surface area (TPSA) is 114 Å². The molecule has 180 valence electrons. The number of hydroxylamine groups is 1. The summed E-state index contributed by atoms with van der Waals surface area (Å²) >= 11 is 0. The largest absolute Gasteiger partial charge is 0.479 e. The summed E-state index contributed by atoms with van der Waals surface area (Å²) in [4.78, 5) is 41.2. The minimum Gasteiger partial charge on any atom is -0.479 e. The smallest absolute Gasteiger partial charge is 0.407 e. The number of nitrogens with one attached hydrogen (secondary N) is 2. The molecule has 0 radical (unpaired) electrons. The molecule has 1 fully saturated rings. The van der Waals surface area contributed by atoms with Crippen LogP contribution < -0.4 is 10.8 Å². The lowest BCUT2D eigenvalue weighted by Crippen LogP contribution is -2.43. The van der Waals surface area contributed by atoms with Crippen LogP contribution in [-0.2, 0) is 19.2 Å². The number of alkyl carbamates (subject to hydrolysis) is 1. The highest BCUT2D eigenvalue weighted by Crippen LogP contribution is 2.44. The third-order valence-corrected chi connectivity index (χ3v) is 6.55. The van der Waals surface area contributed by atoms with E-state index in [1.165, 1.54) is 0 Å². The molecule has 3 N–H and O–H groups in total. The molecule has 1 saturated carbocycles. The van der Waals surface area contributed by atoms with E-state index in [0.717, 1.165) is 35.1 Å². The van der Waals surface area contributed by atoms with E-state index in [1.807, 2.05) is 24.3 Å². The SMILES string of the molecule is CC(C)(CCNC(=O)OCC1c2ccccc2-c2ccccc21)C(=O)NOC(C(=O)O)C1CC1. The Morgan fingerprint density at radius 3 is 2.18 bits per heavy atom. The molecule has 1 unspecified atom stereocenters. The first-order valence-electron chi connectivity index (χ1n) is 11.6. The number of benzene rings is 2. The second kappa shape index (κ2) is 9.85. The van der Waals surface area contributed by atoms with E-state index in [9.17, 15) is 19.5 Å². The van der Waals surface area contributed by atoms with Crippen LogP contribution in [0, 0.1) is 11.3 Å². The number of ether oxygens (including phenoxy) is 1. The molecule has 2 aromatic rings. The van der Waals surface area contributed by atoms with Crippen LogP contribution in [0.2, 0.25) is 0 Å². The fraction of sp³-hybridized carbons (Fsp3) is 0.423. The summed E-state index contributed by atoms with van der Waals surface area (Å²) in [5, 5.41) is 11.9. The molecule has 1 atom stereocenters. The Hall–Kier alpha value is -3.39. The molecule has 0 aliphatic heterocycles. The van der Waals surface area contributed by atoms with Gasteiger partial charge in [-0.05, 0) is 47.4 Å². The number of rotatable bonds is 10. The van der Waals surface area contributed by atoms with E-state index in [1.54, 1.807) is 13.8 Å². The van der Waals surface area contributed by atoms with Crippen molar-refractivity contribution >= 4 is 18.0 Å². The Bertz CT molecular complexity index is 1030. The molecule has 2 aliphatic rings. The zero-order valence-corrected chi connectivity index (χ0v) is 19.4. The van der Waals surface area contributed by atoms with E-state index < -0.39 is 29.5 Å². The van der Waals surface area contributed by atoms with Gasteiger partial charge in [0, 0.05) is 17.9 Å². The van der Waals surface area contributed by atoms with Gasteiger partial charge in [-0.1, -0.05) is 62.4 Å². The Balaban J connectivity index is 1.23. The third kappa shape index (κ3) is 5.22. The van der Waals surface area contributed by atoms with Crippen molar-refractivity contribution in [3.63, 3.8) is 0 Å². The summed E-state index contributed by atoms with van der Waals surface area (Å²) in [5.74, 6) is -1.60. The van der Waals surface area contributed by atoms with Gasteiger partial charge < -0.3 is 15.2 Å². The number of hydrogen-bond donors (Lipinski definition) is 3. The first-order valence-corrected chi connectivity index (χ1v) is 11.6. The third-order valence-electron chi connectivity index (χ3n) is 6.55. The summed E-state index contributed by atoms with van der Waals surface area (Å²) in [6.45, 7) is 3.85. The first-order chi connectivity index (χ1) is 16.3. The summed E-state index contributed by atoms with van der Waals surface area (Å²) in [6, 6.07) is 16.2. The Morgan fingerprint density at radius 2 is 1.62 bits per heavy atom. The first kappa shape index (κ1) is 23.8. The van der Waals surface area contributed by atoms with Gasteiger partial charge in [0.15, 0.2) is 6.10 Å². The number of carboxylic acids is 1. The van der Waals surface area contributed by atoms with Gasteiger partial charge in [0.1, 0.15) is 6.61 Å². The number of carboxylic acid groups (broad SMARTS) is 1. The Labute approximate surface area is 198 Å². The van der Waals surface area contributed by atoms with Crippen molar-refractivity contribution in [2.45, 2.75) is 45.1 Å². The molecule has 8 nitrogen and oxygen atoms in total. The highest BCUT2D eigenvalue weighted by molar-refractivity contribution is 5.81. The maximum Gasteiger partial charge on any atom is 0.407 e. The second-order valence-electron chi connectivity index (χ2n) is 9.53. The van der Waals surface area contributed by atoms with Crippen LogP contribution in [-0.4, -0.2) is 42.3 Å². The predicted molar refractivity (Wildman–Crippen MR) is 125 cm³/mol. The average Bonchev–Trinajstić information content (AvgIpc) is 3.59. The van der Waals surface area contributed by atoms with Crippen LogP contribution >= 0.6 is 0 Å². The number of fused-ring (bicyclic) bond motifs is 3. The van der Waals surface area contributed by atoms with Gasteiger partial charge in [0.25, 0.3) is 0 Å². The van der Waals surface area contributed by atoms with Gasteiger partial charge >= 0.3 is 12.1 Å². The van der Waals surface area contributed by atoms with Crippen molar-refractivity contribution in [3.05, 3.63) is 59.7 Å². The standard InChI is InChI=1S/C26H30N2O6/c1-26(2,24(31)28-34-22(23(29)30)16-11-12-16)13-14-27-25(32)33-15-21-19-9-5-3-7-17(19)18-8-4-6-10-20(18)21/h3-10,16,21-22H,11-15H2,1-2H3,(H,27,32)(H,28,31)(H,29,30). The van der Waals surface area contributed by atoms with Gasteiger partial charge in [-0.3, -0.25) is 9.63 Å². The molecule has 0 aromatic heterocycles. The molecule has 2 amide bonds. The molecule has 0 bridgehead atoms. The summed E-state index contributed by atoms with van der Waals surface area (Å²) in [6.07, 6.45) is 0.307. The minimum atomic E-state index is -1.09. The van der Waals surface area contributed by atoms with Crippen molar-refractivity contribution in [1.82, 2.24) is 10.8 Å². The van der Waals surface area contributed by atoms with Crippen LogP contribution in [0.1, 0.15) is 50.2 Å². The Morgan fingerprint density at radius 1 is 1.03 bits per heavy atom. The molecule has 2 aliphatic carbocycles. The van der Waals surface area contributed by atoms with Crippen LogP contribution in [0.5, 0.6) is 0 Å². The van der Waals surface area contributed by atoms with Crippen LogP contribution in [0.25, 0.3) is 11.1 Å². The molecule has 8 heteroatoms. The van der Waals surface area contributed by atoms with Gasteiger partial charge in [0.05, 0.1) is 0 Å². The molecule has 0 heterocycles. The fourth-order valence-electron chi connectivity index (χ4n) is 4.24. The van der Waals surface area contributed by atoms with Crippen molar-refractivity contribution in [2.75, 3.05) is 13.2 Å². The number of carbonyl (C=O) groups is 3. The van der Waals surface area contributed by atoms with E-state index >= 15 is 0 Å². The van der Waals surface area contributed by atoms with Crippen LogP contribution in [0.3, 0.4) is 0 Å². The minimum absolute atomic E-state index is 0.0221. The second-order valence-corrected chi connectivity index (χ2v) is 9.53. The van der Waals surface area contributed by atoms with E-state index in [4.69, 9.17) is 9.57 Å². The lowest BCUT2D eigenvalue weighted by Gasteiger charge is -2.24. The number of amides is 2. The van der Waals surface area contributed by atoms with Crippen LogP contribution in [0.4, 0.5) is 4.79 Å². The van der Waals surface area contributed by atoms with E-state index in [0.29, 0.717) is 6.42 Å². The quantitative estimate of drug-likeness (QED) is 0.458. The summed E-state index contributed by atoms with van der Waals surface area (Å²) < 4.78 is 5.51. The van der Waals surface area contributed by atoms with E-state index in [2.05, 4.69) is 35.1 Å². The normalized spacial score (nSPS) is 15.7. The van der Waals surface area contributed by atoms with Gasteiger partial charge in [-0.25, -0.2) is 15.1 Å². The maximum absolute atomic E-state index is 12.5. The highest BCUT2D eigenvalue weighted by Gasteiger charge is 2.39. The van der Waals surface area contributed by atoms with Crippen LogP contribution in [0.15, 0.2) is 48.5 Å². The number of hydrogen-bond acceptors (Lipinski definition) is 5. The van der Waals surface area contributed by atoms with Gasteiger partial charge in [0.2, 0.25) is 5.91 Å². The monoisotopic (exact) mass is 466 g/mol. The number of carbonyl (C=O) groups excluding carboxylic acids is 2. The van der Waals surface area contributed by atoms with Crippen molar-refractivity contribution in [3.8, 4) is 11.1 Å². The maximum atomic E-state index is 12.5. The van der Waals surface area contributed by atoms with Crippen molar-refractivity contribution in [2.24, 2.45) is 11.3 Å². The molecular formula is C26H30N2O6. The Kier molecular flexibility index (Phi) is 6.88. The highest BCUT2D eigenvalue weighted by atomic mass is 16.7. The zero-order chi connectivity index (χ0) is 24.3. The molecule has 2 aromatic carbocycles.